The molecule has 1 saturated heterocycles. The number of carbonyl (C=O) groups excluding carboxylic acids is 2. The van der Waals surface area contributed by atoms with Crippen LogP contribution in [0.25, 0.3) is 0 Å². The molecule has 0 N–H and O–H groups in total. The Bertz CT molecular complexity index is 557. The highest BCUT2D eigenvalue weighted by Gasteiger charge is 2.34. The summed E-state index contributed by atoms with van der Waals surface area (Å²) in [6, 6.07) is 6.85. The van der Waals surface area contributed by atoms with Gasteiger partial charge in [0.05, 0.1) is 12.7 Å². The van der Waals surface area contributed by atoms with Crippen LogP contribution in [-0.4, -0.2) is 18.9 Å². The van der Waals surface area contributed by atoms with Crippen LogP contribution in [0.3, 0.4) is 0 Å². The normalized spacial score (nSPS) is 16.4. The van der Waals surface area contributed by atoms with E-state index in [9.17, 15) is 9.59 Å². The predicted molar refractivity (Wildman–Crippen MR) is 68.6 cm³/mol. The molecule has 2 amide bonds. The first-order valence-electron chi connectivity index (χ1n) is 6.01. The molecule has 1 aliphatic heterocycles. The molecule has 0 aliphatic carbocycles. The van der Waals surface area contributed by atoms with Crippen molar-refractivity contribution in [1.29, 1.82) is 5.26 Å². The molecular formula is C14H14N2O3. The van der Waals surface area contributed by atoms with E-state index in [-0.39, 0.29) is 29.0 Å². The van der Waals surface area contributed by atoms with Crippen molar-refractivity contribution < 1.29 is 14.3 Å². The summed E-state index contributed by atoms with van der Waals surface area (Å²) in [4.78, 5) is 25.3. The Kier molecular flexibility index (Phi) is 3.52. The minimum atomic E-state index is -0.287. The second-order valence-electron chi connectivity index (χ2n) is 4.60. The van der Waals surface area contributed by atoms with Crippen molar-refractivity contribution in [2.24, 2.45) is 5.92 Å². The van der Waals surface area contributed by atoms with E-state index in [1.54, 1.807) is 18.2 Å². The highest BCUT2D eigenvalue weighted by atomic mass is 16.5. The second kappa shape index (κ2) is 5.11. The molecule has 0 spiro atoms. The average molecular weight is 258 g/mol. The van der Waals surface area contributed by atoms with Gasteiger partial charge in [0.15, 0.2) is 0 Å². The smallest absolute Gasteiger partial charge is 0.234 e. The first-order chi connectivity index (χ1) is 9.08. The van der Waals surface area contributed by atoms with Crippen molar-refractivity contribution >= 4 is 17.5 Å². The van der Waals surface area contributed by atoms with Gasteiger partial charge in [-0.05, 0) is 18.1 Å². The molecule has 0 aromatic heterocycles. The molecule has 2 rings (SSSR count). The SMILES string of the molecule is COc1cccc(C#N)c1N1C(=O)CC(C)CC1=O. The van der Waals surface area contributed by atoms with Gasteiger partial charge in [-0.25, -0.2) is 4.90 Å². The van der Waals surface area contributed by atoms with Crippen LogP contribution < -0.4 is 9.64 Å². The Hall–Kier alpha value is -2.35. The Morgan fingerprint density at radius 2 is 1.95 bits per heavy atom. The number of rotatable bonds is 2. The summed E-state index contributed by atoms with van der Waals surface area (Å²) < 4.78 is 5.17. The third kappa shape index (κ3) is 2.29. The lowest BCUT2D eigenvalue weighted by Gasteiger charge is -2.29. The monoisotopic (exact) mass is 258 g/mol. The number of piperidine rings is 1. The van der Waals surface area contributed by atoms with E-state index in [1.807, 2.05) is 13.0 Å². The standard InChI is InChI=1S/C14H14N2O3/c1-9-6-12(17)16(13(18)7-9)14-10(8-15)4-3-5-11(14)19-2/h3-5,9H,6-7H2,1-2H3. The van der Waals surface area contributed by atoms with E-state index < -0.39 is 0 Å². The van der Waals surface area contributed by atoms with Crippen LogP contribution in [0.4, 0.5) is 5.69 Å². The molecule has 0 unspecified atom stereocenters. The minimum absolute atomic E-state index is 0.0384. The number of hydrogen-bond acceptors (Lipinski definition) is 4. The van der Waals surface area contributed by atoms with Gasteiger partial charge < -0.3 is 4.74 Å². The molecule has 1 heterocycles. The Morgan fingerprint density at radius 3 is 2.47 bits per heavy atom. The van der Waals surface area contributed by atoms with Crippen LogP contribution in [-0.2, 0) is 9.59 Å². The molecule has 1 aromatic rings. The van der Waals surface area contributed by atoms with Gasteiger partial charge in [0.2, 0.25) is 11.8 Å². The number of imide groups is 1. The number of para-hydroxylation sites is 1. The Balaban J connectivity index is 2.55. The molecule has 1 aromatic carbocycles. The molecule has 0 radical (unpaired) electrons. The van der Waals surface area contributed by atoms with Crippen LogP contribution in [0.15, 0.2) is 18.2 Å². The van der Waals surface area contributed by atoms with Gasteiger partial charge in [-0.3, -0.25) is 9.59 Å². The highest BCUT2D eigenvalue weighted by Crippen LogP contribution is 2.35. The number of nitriles is 1. The number of ether oxygens (including phenoxy) is 1. The summed E-state index contributed by atoms with van der Waals surface area (Å²) in [6.45, 7) is 1.86. The fraction of sp³-hybridized carbons (Fsp3) is 0.357. The number of methoxy groups -OCH3 is 1. The van der Waals surface area contributed by atoms with E-state index in [4.69, 9.17) is 10.00 Å². The van der Waals surface area contributed by atoms with Gasteiger partial charge in [0.25, 0.3) is 0 Å². The highest BCUT2D eigenvalue weighted by molar-refractivity contribution is 6.18. The Morgan fingerprint density at radius 1 is 1.32 bits per heavy atom. The van der Waals surface area contributed by atoms with Gasteiger partial charge in [-0.1, -0.05) is 13.0 Å². The van der Waals surface area contributed by atoms with E-state index >= 15 is 0 Å². The zero-order valence-electron chi connectivity index (χ0n) is 10.8. The van der Waals surface area contributed by atoms with Crippen molar-refractivity contribution in [2.75, 3.05) is 12.0 Å². The Labute approximate surface area is 111 Å². The van der Waals surface area contributed by atoms with Crippen molar-refractivity contribution in [3.63, 3.8) is 0 Å². The molecule has 98 valence electrons. The van der Waals surface area contributed by atoms with Crippen LogP contribution >= 0.6 is 0 Å². The van der Waals surface area contributed by atoms with Gasteiger partial charge in [0.1, 0.15) is 17.5 Å². The number of hydrogen-bond donors (Lipinski definition) is 0. The zero-order valence-corrected chi connectivity index (χ0v) is 10.8. The summed E-state index contributed by atoms with van der Waals surface area (Å²) >= 11 is 0. The van der Waals surface area contributed by atoms with Crippen molar-refractivity contribution in [3.8, 4) is 11.8 Å². The summed E-state index contributed by atoms with van der Waals surface area (Å²) in [5.74, 6) is -0.179. The quantitative estimate of drug-likeness (QED) is 0.759. The molecule has 5 heteroatoms. The number of amides is 2. The molecule has 5 nitrogen and oxygen atoms in total. The molecule has 1 aliphatic rings. The minimum Gasteiger partial charge on any atom is -0.495 e. The molecular weight excluding hydrogens is 244 g/mol. The van der Waals surface area contributed by atoms with Gasteiger partial charge in [0, 0.05) is 12.8 Å². The van der Waals surface area contributed by atoms with E-state index in [0.717, 1.165) is 4.90 Å². The lowest BCUT2D eigenvalue weighted by Crippen LogP contribution is -2.43. The van der Waals surface area contributed by atoms with E-state index in [0.29, 0.717) is 18.6 Å². The summed E-state index contributed by atoms with van der Waals surface area (Å²) in [7, 11) is 1.45. The fourth-order valence-corrected chi connectivity index (χ4v) is 2.25. The lowest BCUT2D eigenvalue weighted by molar-refractivity contribution is -0.130. The van der Waals surface area contributed by atoms with Crippen molar-refractivity contribution in [1.82, 2.24) is 0 Å². The van der Waals surface area contributed by atoms with E-state index in [2.05, 4.69) is 0 Å². The van der Waals surface area contributed by atoms with Crippen LogP contribution in [0.1, 0.15) is 25.3 Å². The molecule has 0 saturated carbocycles. The van der Waals surface area contributed by atoms with Gasteiger partial charge in [-0.15, -0.1) is 0 Å². The third-order valence-corrected chi connectivity index (χ3v) is 3.11. The summed E-state index contributed by atoms with van der Waals surface area (Å²) in [5, 5.41) is 9.14. The molecule has 0 bridgehead atoms. The number of carbonyl (C=O) groups is 2. The fourth-order valence-electron chi connectivity index (χ4n) is 2.25. The van der Waals surface area contributed by atoms with E-state index in [1.165, 1.54) is 7.11 Å². The number of nitrogens with zero attached hydrogens (tertiary/aromatic N) is 2. The molecule has 1 fully saturated rings. The zero-order chi connectivity index (χ0) is 14.0. The topological polar surface area (TPSA) is 70.4 Å². The maximum absolute atomic E-state index is 12.1. The van der Waals surface area contributed by atoms with Crippen molar-refractivity contribution in [3.05, 3.63) is 23.8 Å². The lowest BCUT2D eigenvalue weighted by atomic mass is 9.96. The largest absolute Gasteiger partial charge is 0.495 e. The van der Waals surface area contributed by atoms with Crippen LogP contribution in [0, 0.1) is 17.2 Å². The predicted octanol–water partition coefficient (Wildman–Crippen LogP) is 1.86. The summed E-state index contributed by atoms with van der Waals surface area (Å²) in [6.07, 6.45) is 0.601. The second-order valence-corrected chi connectivity index (χ2v) is 4.60. The third-order valence-electron chi connectivity index (χ3n) is 3.11. The maximum atomic E-state index is 12.1. The van der Waals surface area contributed by atoms with Gasteiger partial charge in [-0.2, -0.15) is 5.26 Å². The first kappa shape index (κ1) is 13.1. The maximum Gasteiger partial charge on any atom is 0.234 e. The van der Waals surface area contributed by atoms with Crippen LogP contribution in [0.5, 0.6) is 5.75 Å². The van der Waals surface area contributed by atoms with Crippen molar-refractivity contribution in [2.45, 2.75) is 19.8 Å². The molecule has 19 heavy (non-hydrogen) atoms. The van der Waals surface area contributed by atoms with Crippen LogP contribution in [0.2, 0.25) is 0 Å². The molecule has 0 atom stereocenters. The first-order valence-corrected chi connectivity index (χ1v) is 6.01. The summed E-state index contributed by atoms with van der Waals surface area (Å²) in [5.41, 5.74) is 0.519. The average Bonchev–Trinajstić information content (AvgIpc) is 2.37. The number of anilines is 1. The number of benzene rings is 1. The van der Waals surface area contributed by atoms with Gasteiger partial charge >= 0.3 is 0 Å².